The van der Waals surface area contributed by atoms with Crippen molar-refractivity contribution in [2.75, 3.05) is 19.7 Å². The van der Waals surface area contributed by atoms with Gasteiger partial charge in [-0.2, -0.15) is 0 Å². The summed E-state index contributed by atoms with van der Waals surface area (Å²) in [7, 11) is 0. The summed E-state index contributed by atoms with van der Waals surface area (Å²) in [5.74, 6) is -0.558. The van der Waals surface area contributed by atoms with Gasteiger partial charge in [0.15, 0.2) is 0 Å². The van der Waals surface area contributed by atoms with Crippen LogP contribution in [0.2, 0.25) is 0 Å². The van der Waals surface area contributed by atoms with Crippen LogP contribution in [0.1, 0.15) is 41.5 Å². The Hall–Kier alpha value is -1.34. The predicted molar refractivity (Wildman–Crippen MR) is 75.8 cm³/mol. The van der Waals surface area contributed by atoms with E-state index >= 15 is 0 Å². The molecular weight excluding hydrogens is 262 g/mol. The van der Waals surface area contributed by atoms with Crippen LogP contribution in [0.5, 0.6) is 0 Å². The molecule has 0 fully saturated rings. The highest BCUT2D eigenvalue weighted by Crippen LogP contribution is 2.17. The summed E-state index contributed by atoms with van der Waals surface area (Å²) in [4.78, 5) is 29.1. The molecule has 0 aliphatic heterocycles. The number of amides is 2. The second-order valence-corrected chi connectivity index (χ2v) is 6.45. The second kappa shape index (κ2) is 7.44. The molecule has 0 saturated carbocycles. The van der Waals surface area contributed by atoms with E-state index < -0.39 is 11.5 Å². The standard InChI is InChI=1S/C13H27N3O4/c1-12(2,3)16(11(18)20-13(4,5)6)8-7-15-19-9-10(14)17/h15H,7-9H2,1-6H3,(H2,14,17). The quantitative estimate of drug-likeness (QED) is 0.562. The zero-order valence-electron chi connectivity index (χ0n) is 13.3. The molecule has 7 heteroatoms. The maximum Gasteiger partial charge on any atom is 0.410 e. The topological polar surface area (TPSA) is 93.9 Å². The molecular formula is C13H27N3O4. The van der Waals surface area contributed by atoms with E-state index in [2.05, 4.69) is 5.48 Å². The summed E-state index contributed by atoms with van der Waals surface area (Å²) < 4.78 is 5.37. The fourth-order valence-electron chi connectivity index (χ4n) is 1.37. The Morgan fingerprint density at radius 2 is 1.70 bits per heavy atom. The fraction of sp³-hybridized carbons (Fsp3) is 0.846. The number of hydrogen-bond donors (Lipinski definition) is 2. The first-order chi connectivity index (χ1) is 8.93. The lowest BCUT2D eigenvalue weighted by Crippen LogP contribution is -2.50. The summed E-state index contributed by atoms with van der Waals surface area (Å²) >= 11 is 0. The van der Waals surface area contributed by atoms with Crippen LogP contribution in [0.15, 0.2) is 0 Å². The molecule has 118 valence electrons. The monoisotopic (exact) mass is 289 g/mol. The van der Waals surface area contributed by atoms with Crippen molar-refractivity contribution >= 4 is 12.0 Å². The Kier molecular flexibility index (Phi) is 6.95. The Bertz CT molecular complexity index is 331. The van der Waals surface area contributed by atoms with Crippen LogP contribution in [0.25, 0.3) is 0 Å². The molecule has 0 aliphatic carbocycles. The van der Waals surface area contributed by atoms with Gasteiger partial charge in [0.05, 0.1) is 0 Å². The lowest BCUT2D eigenvalue weighted by Gasteiger charge is -2.36. The number of carbonyl (C=O) groups excluding carboxylic acids is 2. The van der Waals surface area contributed by atoms with Gasteiger partial charge < -0.3 is 15.4 Å². The number of hydroxylamine groups is 1. The number of nitrogens with zero attached hydrogens (tertiary/aromatic N) is 1. The predicted octanol–water partition coefficient (Wildman–Crippen LogP) is 1.03. The molecule has 7 nitrogen and oxygen atoms in total. The Labute approximate surface area is 120 Å². The molecule has 2 amide bonds. The number of carbonyl (C=O) groups is 2. The molecule has 0 aromatic heterocycles. The minimum absolute atomic E-state index is 0.206. The lowest BCUT2D eigenvalue weighted by molar-refractivity contribution is -0.125. The molecule has 0 aromatic rings. The van der Waals surface area contributed by atoms with Crippen LogP contribution in [0.3, 0.4) is 0 Å². The van der Waals surface area contributed by atoms with Crippen molar-refractivity contribution in [2.45, 2.75) is 52.7 Å². The SMILES string of the molecule is CC(C)(C)OC(=O)N(CCNOCC(N)=O)C(C)(C)C. The summed E-state index contributed by atoms with van der Waals surface area (Å²) in [6.07, 6.45) is -0.387. The van der Waals surface area contributed by atoms with E-state index in [1.165, 1.54) is 0 Å². The highest BCUT2D eigenvalue weighted by molar-refractivity contribution is 5.74. The first-order valence-electron chi connectivity index (χ1n) is 6.57. The zero-order chi connectivity index (χ0) is 16.0. The first-order valence-corrected chi connectivity index (χ1v) is 6.57. The van der Waals surface area contributed by atoms with Gasteiger partial charge in [0.25, 0.3) is 0 Å². The van der Waals surface area contributed by atoms with Crippen molar-refractivity contribution in [3.05, 3.63) is 0 Å². The number of nitrogens with one attached hydrogen (secondary N) is 1. The number of rotatable bonds is 6. The smallest absolute Gasteiger partial charge is 0.410 e. The largest absolute Gasteiger partial charge is 0.444 e. The number of primary amides is 1. The van der Waals surface area contributed by atoms with Gasteiger partial charge in [0.1, 0.15) is 12.2 Å². The van der Waals surface area contributed by atoms with Crippen molar-refractivity contribution in [3.63, 3.8) is 0 Å². The molecule has 20 heavy (non-hydrogen) atoms. The molecule has 0 bridgehead atoms. The van der Waals surface area contributed by atoms with E-state index in [1.54, 1.807) is 4.90 Å². The molecule has 0 aliphatic rings. The third-order valence-electron chi connectivity index (χ3n) is 2.18. The fourth-order valence-corrected chi connectivity index (χ4v) is 1.37. The Balaban J connectivity index is 4.38. The molecule has 0 rings (SSSR count). The minimum atomic E-state index is -0.558. The average Bonchev–Trinajstić information content (AvgIpc) is 2.17. The number of ether oxygens (including phenoxy) is 1. The van der Waals surface area contributed by atoms with Crippen LogP contribution in [0.4, 0.5) is 4.79 Å². The molecule has 0 saturated heterocycles. The summed E-state index contributed by atoms with van der Waals surface area (Å²) in [5, 5.41) is 0. The second-order valence-electron chi connectivity index (χ2n) is 6.45. The van der Waals surface area contributed by atoms with Crippen molar-refractivity contribution in [2.24, 2.45) is 5.73 Å². The molecule has 0 spiro atoms. The van der Waals surface area contributed by atoms with Crippen LogP contribution in [-0.4, -0.2) is 47.7 Å². The van der Waals surface area contributed by atoms with Crippen molar-refractivity contribution < 1.29 is 19.2 Å². The highest BCUT2D eigenvalue weighted by atomic mass is 16.6. The maximum absolute atomic E-state index is 12.1. The van der Waals surface area contributed by atoms with Gasteiger partial charge in [-0.3, -0.25) is 9.63 Å². The molecule has 0 atom stereocenters. The van der Waals surface area contributed by atoms with E-state index in [0.29, 0.717) is 13.1 Å². The van der Waals surface area contributed by atoms with Crippen molar-refractivity contribution in [1.29, 1.82) is 0 Å². The summed E-state index contributed by atoms with van der Waals surface area (Å²) in [6, 6.07) is 0. The van der Waals surface area contributed by atoms with Crippen LogP contribution in [-0.2, 0) is 14.4 Å². The maximum atomic E-state index is 12.1. The lowest BCUT2D eigenvalue weighted by atomic mass is 10.1. The van der Waals surface area contributed by atoms with Gasteiger partial charge >= 0.3 is 6.09 Å². The van der Waals surface area contributed by atoms with Gasteiger partial charge in [-0.1, -0.05) is 0 Å². The zero-order valence-corrected chi connectivity index (χ0v) is 13.3. The van der Waals surface area contributed by atoms with E-state index in [0.717, 1.165) is 0 Å². The van der Waals surface area contributed by atoms with Crippen LogP contribution in [0, 0.1) is 0 Å². The van der Waals surface area contributed by atoms with E-state index in [4.69, 9.17) is 15.3 Å². The minimum Gasteiger partial charge on any atom is -0.444 e. The van der Waals surface area contributed by atoms with E-state index in [1.807, 2.05) is 41.5 Å². The molecule has 0 unspecified atom stereocenters. The highest BCUT2D eigenvalue weighted by Gasteiger charge is 2.30. The van der Waals surface area contributed by atoms with E-state index in [9.17, 15) is 9.59 Å². The summed E-state index contributed by atoms with van der Waals surface area (Å²) in [6.45, 7) is 11.8. The van der Waals surface area contributed by atoms with Gasteiger partial charge in [0.2, 0.25) is 5.91 Å². The molecule has 0 heterocycles. The number of nitrogens with two attached hydrogens (primary N) is 1. The van der Waals surface area contributed by atoms with Gasteiger partial charge in [-0.05, 0) is 41.5 Å². The third-order valence-corrected chi connectivity index (χ3v) is 2.18. The van der Waals surface area contributed by atoms with Crippen molar-refractivity contribution in [1.82, 2.24) is 10.4 Å². The molecule has 3 N–H and O–H groups in total. The van der Waals surface area contributed by atoms with Gasteiger partial charge in [0, 0.05) is 18.6 Å². The molecule has 0 radical (unpaired) electrons. The van der Waals surface area contributed by atoms with Crippen LogP contribution < -0.4 is 11.2 Å². The number of hydrogen-bond acceptors (Lipinski definition) is 5. The van der Waals surface area contributed by atoms with Crippen LogP contribution >= 0.6 is 0 Å². The van der Waals surface area contributed by atoms with Gasteiger partial charge in [-0.25, -0.2) is 10.3 Å². The van der Waals surface area contributed by atoms with Gasteiger partial charge in [-0.15, -0.1) is 0 Å². The molecule has 0 aromatic carbocycles. The van der Waals surface area contributed by atoms with Crippen molar-refractivity contribution in [3.8, 4) is 0 Å². The Morgan fingerprint density at radius 3 is 2.10 bits per heavy atom. The normalized spacial score (nSPS) is 12.1. The summed E-state index contributed by atoms with van der Waals surface area (Å²) in [5.41, 5.74) is 6.59. The first kappa shape index (κ1) is 18.7. The Morgan fingerprint density at radius 1 is 1.15 bits per heavy atom. The van der Waals surface area contributed by atoms with E-state index in [-0.39, 0.29) is 18.2 Å². The third kappa shape index (κ3) is 8.71. The average molecular weight is 289 g/mol.